The van der Waals surface area contributed by atoms with E-state index in [1.165, 1.54) is 23.2 Å². The van der Waals surface area contributed by atoms with Crippen LogP contribution in [0.1, 0.15) is 12.0 Å². The van der Waals surface area contributed by atoms with Crippen molar-refractivity contribution in [1.29, 1.82) is 0 Å². The highest BCUT2D eigenvalue weighted by atomic mass is 32.2. The Morgan fingerprint density at radius 1 is 1.06 bits per heavy atom. The topological polar surface area (TPSA) is 75.6 Å². The summed E-state index contributed by atoms with van der Waals surface area (Å²) >= 11 is 0. The molecule has 3 heterocycles. The molecular weight excluding hydrogens is 476 g/mol. The van der Waals surface area contributed by atoms with E-state index in [2.05, 4.69) is 9.97 Å². The van der Waals surface area contributed by atoms with Crippen molar-refractivity contribution in [3.8, 4) is 0 Å². The van der Waals surface area contributed by atoms with Crippen LogP contribution in [-0.4, -0.2) is 60.8 Å². The highest BCUT2D eigenvalue weighted by Crippen LogP contribution is 2.41. The van der Waals surface area contributed by atoms with Crippen LogP contribution in [0, 0.1) is 24.4 Å². The first-order chi connectivity index (χ1) is 16.1. The summed E-state index contributed by atoms with van der Waals surface area (Å²) in [6.45, 7) is 1.35. The molecule has 2 saturated heterocycles. The van der Waals surface area contributed by atoms with E-state index in [9.17, 15) is 21.6 Å². The molecule has 2 atom stereocenters. The smallest absolute Gasteiger partial charge is 0.248 e. The first kappa shape index (κ1) is 22.9. The maximum absolute atomic E-state index is 15.7. The van der Waals surface area contributed by atoms with Crippen LogP contribution < -0.4 is 4.90 Å². The molecule has 5 rings (SSSR count). The van der Waals surface area contributed by atoms with E-state index < -0.39 is 44.3 Å². The lowest BCUT2D eigenvalue weighted by atomic mass is 9.98. The van der Waals surface area contributed by atoms with Crippen LogP contribution in [0.2, 0.25) is 0 Å². The lowest BCUT2D eigenvalue weighted by molar-refractivity contribution is -0.116. The molecule has 1 spiro atoms. The molecule has 180 valence electrons. The average Bonchev–Trinajstić information content (AvgIpc) is 3.23. The van der Waals surface area contributed by atoms with Crippen molar-refractivity contribution < 1.29 is 30.7 Å². The molecule has 3 aromatic rings. The van der Waals surface area contributed by atoms with E-state index in [0.717, 1.165) is 22.5 Å². The monoisotopic (exact) mass is 496 g/mol. The Hall–Kier alpha value is -2.83. The minimum absolute atomic E-state index is 0.0340. The number of piperidine rings is 1. The maximum atomic E-state index is 15.7. The Morgan fingerprint density at radius 2 is 1.79 bits per heavy atom. The molecule has 0 N–H and O–H groups in total. The van der Waals surface area contributed by atoms with Crippen LogP contribution in [-0.2, 0) is 14.8 Å². The van der Waals surface area contributed by atoms with Gasteiger partial charge in [0.15, 0.2) is 23.5 Å². The summed E-state index contributed by atoms with van der Waals surface area (Å²) in [4.78, 5) is 9.33. The van der Waals surface area contributed by atoms with Gasteiger partial charge >= 0.3 is 0 Å². The molecule has 34 heavy (non-hydrogen) atoms. The largest absolute Gasteiger partial charge is 0.355 e. The van der Waals surface area contributed by atoms with E-state index in [1.54, 1.807) is 6.92 Å². The number of fused-ring (bicyclic) bond motifs is 1. The zero-order chi connectivity index (χ0) is 24.3. The molecule has 7 nitrogen and oxygen atoms in total. The van der Waals surface area contributed by atoms with Gasteiger partial charge in [-0.2, -0.15) is 4.31 Å². The Kier molecular flexibility index (Phi) is 5.49. The number of anilines is 1. The number of ether oxygens (including phenoxy) is 1. The molecule has 0 aliphatic carbocycles. The minimum Gasteiger partial charge on any atom is -0.355 e. The molecular formula is C22H20F4N4O3S. The number of halogens is 4. The fraction of sp³-hybridized carbons (Fsp3) is 0.364. The Bertz CT molecular complexity index is 1390. The van der Waals surface area contributed by atoms with Crippen LogP contribution >= 0.6 is 0 Å². The van der Waals surface area contributed by atoms with E-state index in [-0.39, 0.29) is 49.5 Å². The fourth-order valence-corrected chi connectivity index (χ4v) is 6.37. The SMILES string of the molecule is Cc1ccc(F)c(S(=O)(=O)N2CCO[C@]23CCN(c2cnc4cc(F)c(F)cc4n2)C[C@@H]3F)c1. The number of hydrogen-bond donors (Lipinski definition) is 0. The molecule has 2 fully saturated rings. The fourth-order valence-electron chi connectivity index (χ4n) is 4.50. The van der Waals surface area contributed by atoms with Gasteiger partial charge in [0.05, 0.1) is 30.4 Å². The van der Waals surface area contributed by atoms with Gasteiger partial charge in [0.1, 0.15) is 16.5 Å². The van der Waals surface area contributed by atoms with Gasteiger partial charge < -0.3 is 9.64 Å². The third-order valence-electron chi connectivity index (χ3n) is 6.23. The lowest BCUT2D eigenvalue weighted by Crippen LogP contribution is -2.62. The van der Waals surface area contributed by atoms with Crippen LogP contribution in [0.25, 0.3) is 11.0 Å². The zero-order valence-corrected chi connectivity index (χ0v) is 18.8. The third-order valence-corrected chi connectivity index (χ3v) is 8.17. The highest BCUT2D eigenvalue weighted by Gasteiger charge is 2.57. The van der Waals surface area contributed by atoms with Crippen molar-refractivity contribution in [1.82, 2.24) is 14.3 Å². The van der Waals surface area contributed by atoms with Crippen LogP contribution in [0.4, 0.5) is 23.4 Å². The normalized spacial score (nSPS) is 23.8. The number of aryl methyl sites for hydroxylation is 1. The Labute approximate surface area is 193 Å². The Morgan fingerprint density at radius 3 is 2.53 bits per heavy atom. The average molecular weight is 496 g/mol. The lowest BCUT2D eigenvalue weighted by Gasteiger charge is -2.45. The summed E-state index contributed by atoms with van der Waals surface area (Å²) in [5.41, 5.74) is -0.995. The van der Waals surface area contributed by atoms with Gasteiger partial charge in [-0.05, 0) is 24.6 Å². The molecule has 1 aromatic heterocycles. The van der Waals surface area contributed by atoms with Gasteiger partial charge in [-0.15, -0.1) is 0 Å². The maximum Gasteiger partial charge on any atom is 0.248 e. The van der Waals surface area contributed by atoms with Crippen LogP contribution in [0.3, 0.4) is 0 Å². The summed E-state index contributed by atoms with van der Waals surface area (Å²) < 4.78 is 90.3. The summed E-state index contributed by atoms with van der Waals surface area (Å²) in [5.74, 6) is -2.82. The van der Waals surface area contributed by atoms with Crippen molar-refractivity contribution >= 4 is 26.9 Å². The summed E-state index contributed by atoms with van der Waals surface area (Å²) in [7, 11) is -4.38. The van der Waals surface area contributed by atoms with Gasteiger partial charge in [-0.1, -0.05) is 6.07 Å². The molecule has 12 heteroatoms. The van der Waals surface area contributed by atoms with Crippen LogP contribution in [0.15, 0.2) is 41.4 Å². The summed E-state index contributed by atoms with van der Waals surface area (Å²) in [5, 5.41) is 0. The van der Waals surface area contributed by atoms with E-state index >= 15 is 4.39 Å². The predicted molar refractivity (Wildman–Crippen MR) is 115 cm³/mol. The molecule has 2 aromatic carbocycles. The van der Waals surface area contributed by atoms with Crippen molar-refractivity contribution in [3.05, 3.63) is 59.5 Å². The second-order valence-electron chi connectivity index (χ2n) is 8.35. The number of alkyl halides is 1. The molecule has 0 unspecified atom stereocenters. The van der Waals surface area contributed by atoms with Gasteiger partial charge in [-0.3, -0.25) is 4.98 Å². The van der Waals surface area contributed by atoms with Crippen LogP contribution in [0.5, 0.6) is 0 Å². The van der Waals surface area contributed by atoms with E-state index in [0.29, 0.717) is 5.56 Å². The highest BCUT2D eigenvalue weighted by molar-refractivity contribution is 7.89. The predicted octanol–water partition coefficient (Wildman–Crippen LogP) is 3.32. The third kappa shape index (κ3) is 3.60. The number of nitrogens with zero attached hydrogens (tertiary/aromatic N) is 4. The molecule has 0 saturated carbocycles. The first-order valence-corrected chi connectivity index (χ1v) is 12.0. The van der Waals surface area contributed by atoms with Gasteiger partial charge in [0.25, 0.3) is 0 Å². The molecule has 0 bridgehead atoms. The van der Waals surface area contributed by atoms with Crippen molar-refractivity contribution in [2.75, 3.05) is 31.1 Å². The molecule has 2 aliphatic heterocycles. The number of hydrogen-bond acceptors (Lipinski definition) is 6. The van der Waals surface area contributed by atoms with Gasteiger partial charge in [0.2, 0.25) is 10.0 Å². The molecule has 0 radical (unpaired) electrons. The Balaban J connectivity index is 1.44. The van der Waals surface area contributed by atoms with Crippen molar-refractivity contribution in [3.63, 3.8) is 0 Å². The molecule has 0 amide bonds. The number of aromatic nitrogens is 2. The van der Waals surface area contributed by atoms with Crippen molar-refractivity contribution in [2.24, 2.45) is 0 Å². The summed E-state index contributed by atoms with van der Waals surface area (Å²) in [6, 6.07) is 5.56. The zero-order valence-electron chi connectivity index (χ0n) is 18.0. The number of rotatable bonds is 3. The first-order valence-electron chi connectivity index (χ1n) is 10.6. The summed E-state index contributed by atoms with van der Waals surface area (Å²) in [6.07, 6.45) is -0.539. The second kappa shape index (κ2) is 8.14. The minimum atomic E-state index is -4.38. The number of sulfonamides is 1. The number of benzene rings is 2. The van der Waals surface area contributed by atoms with Gasteiger partial charge in [0, 0.05) is 31.6 Å². The van der Waals surface area contributed by atoms with E-state index in [1.807, 2.05) is 0 Å². The second-order valence-corrected chi connectivity index (χ2v) is 10.2. The van der Waals surface area contributed by atoms with E-state index in [4.69, 9.17) is 4.74 Å². The van der Waals surface area contributed by atoms with Gasteiger partial charge in [-0.25, -0.2) is 31.0 Å². The quantitative estimate of drug-likeness (QED) is 0.518. The molecule has 2 aliphatic rings. The van der Waals surface area contributed by atoms with Crippen molar-refractivity contribution in [2.45, 2.75) is 30.1 Å². The standard InChI is InChI=1S/C22H20F4N4O3S/c1-13-2-3-14(23)19(8-13)34(31,32)30-6-7-33-22(30)4-5-29(12-20(22)26)21-11-27-17-9-15(24)16(25)10-18(17)28-21/h2-3,8-11,20H,4-7,12H2,1H3/t20-,22-/m0/s1.